The molecule has 0 aliphatic carbocycles. The molecule has 0 radical (unpaired) electrons. The van der Waals surface area contributed by atoms with Crippen molar-refractivity contribution in [1.82, 2.24) is 20.0 Å². The van der Waals surface area contributed by atoms with Gasteiger partial charge in [-0.25, -0.2) is 0 Å². The Balaban J connectivity index is 1.89. The highest BCUT2D eigenvalue weighted by atomic mass is 15.3. The van der Waals surface area contributed by atoms with Gasteiger partial charge < -0.3 is 5.32 Å². The number of hydrogen-bond donors (Lipinski definition) is 1. The zero-order valence-corrected chi connectivity index (χ0v) is 8.03. The van der Waals surface area contributed by atoms with Crippen molar-refractivity contribution in [2.75, 3.05) is 26.2 Å². The van der Waals surface area contributed by atoms with E-state index in [1.807, 2.05) is 17.9 Å². The molecule has 2 rings (SSSR count). The number of rotatable bonds is 2. The maximum Gasteiger partial charge on any atom is 0.0764 e. The number of aryl methyl sites for hydroxylation is 1. The first-order valence-corrected chi connectivity index (χ1v) is 4.76. The largest absolute Gasteiger partial charge is 0.314 e. The average molecular weight is 180 g/mol. The summed E-state index contributed by atoms with van der Waals surface area (Å²) in [4.78, 5) is 2.43. The maximum absolute atomic E-state index is 4.36. The normalized spacial score (nSPS) is 19.2. The Morgan fingerprint density at radius 2 is 2.23 bits per heavy atom. The van der Waals surface area contributed by atoms with Gasteiger partial charge >= 0.3 is 0 Å². The van der Waals surface area contributed by atoms with Crippen LogP contribution in [-0.4, -0.2) is 40.9 Å². The third-order valence-corrected chi connectivity index (χ3v) is 2.36. The second-order valence-corrected chi connectivity index (χ2v) is 3.51. The fourth-order valence-electron chi connectivity index (χ4n) is 1.65. The molecule has 0 saturated carbocycles. The van der Waals surface area contributed by atoms with Crippen molar-refractivity contribution in [2.45, 2.75) is 6.54 Å². The molecule has 1 saturated heterocycles. The summed E-state index contributed by atoms with van der Waals surface area (Å²) in [7, 11) is 1.96. The molecule has 1 aromatic rings. The van der Waals surface area contributed by atoms with Gasteiger partial charge in [-0.3, -0.25) is 9.58 Å². The van der Waals surface area contributed by atoms with Gasteiger partial charge in [0.25, 0.3) is 0 Å². The molecule has 0 bridgehead atoms. The highest BCUT2D eigenvalue weighted by molar-refractivity contribution is 4.98. The topological polar surface area (TPSA) is 33.1 Å². The van der Waals surface area contributed by atoms with E-state index < -0.39 is 0 Å². The minimum Gasteiger partial charge on any atom is -0.314 e. The Hall–Kier alpha value is -0.870. The molecule has 4 nitrogen and oxygen atoms in total. The number of hydrogen-bond acceptors (Lipinski definition) is 3. The van der Waals surface area contributed by atoms with Crippen molar-refractivity contribution >= 4 is 0 Å². The van der Waals surface area contributed by atoms with Crippen molar-refractivity contribution in [3.05, 3.63) is 18.0 Å². The first-order chi connectivity index (χ1) is 6.34. The Labute approximate surface area is 78.5 Å². The second-order valence-electron chi connectivity index (χ2n) is 3.51. The minimum atomic E-state index is 0.989. The fourth-order valence-corrected chi connectivity index (χ4v) is 1.65. The quantitative estimate of drug-likeness (QED) is 0.685. The van der Waals surface area contributed by atoms with Crippen LogP contribution >= 0.6 is 0 Å². The average Bonchev–Trinajstić information content (AvgIpc) is 2.53. The van der Waals surface area contributed by atoms with Gasteiger partial charge in [0.2, 0.25) is 0 Å². The van der Waals surface area contributed by atoms with Crippen LogP contribution in [0.3, 0.4) is 0 Å². The van der Waals surface area contributed by atoms with Crippen LogP contribution in [0.5, 0.6) is 0 Å². The molecule has 0 aromatic carbocycles. The van der Waals surface area contributed by atoms with Crippen LogP contribution in [0.1, 0.15) is 5.69 Å². The molecule has 72 valence electrons. The zero-order chi connectivity index (χ0) is 9.10. The van der Waals surface area contributed by atoms with Gasteiger partial charge in [0.1, 0.15) is 0 Å². The molecule has 4 heteroatoms. The van der Waals surface area contributed by atoms with Gasteiger partial charge in [-0.2, -0.15) is 5.10 Å². The summed E-state index contributed by atoms with van der Waals surface area (Å²) in [6.45, 7) is 5.47. The lowest BCUT2D eigenvalue weighted by Crippen LogP contribution is -2.42. The summed E-state index contributed by atoms with van der Waals surface area (Å²) < 4.78 is 1.86. The SMILES string of the molecule is Cn1ccc(CN2CCNCC2)n1. The van der Waals surface area contributed by atoms with Crippen LogP contribution in [-0.2, 0) is 13.6 Å². The van der Waals surface area contributed by atoms with E-state index in [0.29, 0.717) is 0 Å². The molecule has 1 aliphatic rings. The molecule has 0 amide bonds. The predicted octanol–water partition coefficient (Wildman–Crippen LogP) is -0.175. The zero-order valence-electron chi connectivity index (χ0n) is 8.03. The van der Waals surface area contributed by atoms with Crippen LogP contribution in [0.2, 0.25) is 0 Å². The van der Waals surface area contributed by atoms with Crippen LogP contribution in [0.15, 0.2) is 12.3 Å². The van der Waals surface area contributed by atoms with E-state index in [4.69, 9.17) is 0 Å². The third-order valence-electron chi connectivity index (χ3n) is 2.36. The van der Waals surface area contributed by atoms with Crippen molar-refractivity contribution in [2.24, 2.45) is 7.05 Å². The lowest BCUT2D eigenvalue weighted by atomic mass is 10.3. The standard InChI is InChI=1S/C9H16N4/c1-12-5-2-9(11-12)8-13-6-3-10-4-7-13/h2,5,10H,3-4,6-8H2,1H3. The number of nitrogens with zero attached hydrogens (tertiary/aromatic N) is 3. The van der Waals surface area contributed by atoms with E-state index in [1.165, 1.54) is 5.69 Å². The van der Waals surface area contributed by atoms with E-state index in [-0.39, 0.29) is 0 Å². The van der Waals surface area contributed by atoms with Crippen molar-refractivity contribution in [1.29, 1.82) is 0 Å². The predicted molar refractivity (Wildman–Crippen MR) is 51.4 cm³/mol. The Morgan fingerprint density at radius 1 is 1.46 bits per heavy atom. The van der Waals surface area contributed by atoms with E-state index in [9.17, 15) is 0 Å². The van der Waals surface area contributed by atoms with E-state index in [2.05, 4.69) is 21.4 Å². The molecule has 2 heterocycles. The van der Waals surface area contributed by atoms with Gasteiger partial charge in [-0.15, -0.1) is 0 Å². The molecule has 1 N–H and O–H groups in total. The van der Waals surface area contributed by atoms with Crippen LogP contribution in [0.25, 0.3) is 0 Å². The van der Waals surface area contributed by atoms with Gasteiger partial charge in [-0.05, 0) is 6.07 Å². The molecule has 0 spiro atoms. The first-order valence-electron chi connectivity index (χ1n) is 4.76. The lowest BCUT2D eigenvalue weighted by Gasteiger charge is -2.26. The molecule has 13 heavy (non-hydrogen) atoms. The lowest BCUT2D eigenvalue weighted by molar-refractivity contribution is 0.230. The Morgan fingerprint density at radius 3 is 2.85 bits per heavy atom. The number of nitrogens with one attached hydrogen (secondary N) is 1. The van der Waals surface area contributed by atoms with E-state index in [1.54, 1.807) is 0 Å². The van der Waals surface area contributed by atoms with Gasteiger partial charge in [0.15, 0.2) is 0 Å². The number of aromatic nitrogens is 2. The van der Waals surface area contributed by atoms with Crippen LogP contribution in [0, 0.1) is 0 Å². The Bertz CT molecular complexity index is 262. The van der Waals surface area contributed by atoms with Crippen molar-refractivity contribution in [3.63, 3.8) is 0 Å². The molecule has 1 aliphatic heterocycles. The van der Waals surface area contributed by atoms with Crippen molar-refractivity contribution in [3.8, 4) is 0 Å². The monoisotopic (exact) mass is 180 g/mol. The van der Waals surface area contributed by atoms with E-state index >= 15 is 0 Å². The first kappa shape index (κ1) is 8.72. The van der Waals surface area contributed by atoms with Gasteiger partial charge in [0.05, 0.1) is 5.69 Å². The number of piperazine rings is 1. The molecule has 1 aromatic heterocycles. The highest BCUT2D eigenvalue weighted by Gasteiger charge is 2.10. The molecular weight excluding hydrogens is 164 g/mol. The van der Waals surface area contributed by atoms with E-state index in [0.717, 1.165) is 32.7 Å². The van der Waals surface area contributed by atoms with Gasteiger partial charge in [-0.1, -0.05) is 0 Å². The van der Waals surface area contributed by atoms with Crippen molar-refractivity contribution < 1.29 is 0 Å². The van der Waals surface area contributed by atoms with Crippen LogP contribution in [0.4, 0.5) is 0 Å². The summed E-state index contributed by atoms with van der Waals surface area (Å²) in [5, 5.41) is 7.70. The molecular formula is C9H16N4. The Kier molecular flexibility index (Phi) is 2.61. The smallest absolute Gasteiger partial charge is 0.0764 e. The molecule has 0 atom stereocenters. The summed E-state index contributed by atoms with van der Waals surface area (Å²) in [6, 6.07) is 2.09. The van der Waals surface area contributed by atoms with Gasteiger partial charge in [0, 0.05) is 46.0 Å². The minimum absolute atomic E-state index is 0.989. The summed E-state index contributed by atoms with van der Waals surface area (Å²) in [5.74, 6) is 0. The summed E-state index contributed by atoms with van der Waals surface area (Å²) in [6.07, 6.45) is 2.00. The van der Waals surface area contributed by atoms with Crippen LogP contribution < -0.4 is 5.32 Å². The second kappa shape index (κ2) is 3.89. The molecule has 0 unspecified atom stereocenters. The highest BCUT2D eigenvalue weighted by Crippen LogP contribution is 2.01. The fraction of sp³-hybridized carbons (Fsp3) is 0.667. The molecule has 1 fully saturated rings. The third kappa shape index (κ3) is 2.29. The maximum atomic E-state index is 4.36. The summed E-state index contributed by atoms with van der Waals surface area (Å²) in [5.41, 5.74) is 1.17. The summed E-state index contributed by atoms with van der Waals surface area (Å²) >= 11 is 0.